The maximum atomic E-state index is 5.58. The van der Waals surface area contributed by atoms with E-state index in [0.29, 0.717) is 6.04 Å². The third-order valence-electron chi connectivity index (χ3n) is 5.37. The van der Waals surface area contributed by atoms with Gasteiger partial charge in [0.2, 0.25) is 5.95 Å². The minimum Gasteiger partial charge on any atom is -0.494 e. The predicted octanol–water partition coefficient (Wildman–Crippen LogP) is 5.57. The number of ether oxygens (including phenoxy) is 1. The van der Waals surface area contributed by atoms with Gasteiger partial charge in [0, 0.05) is 24.2 Å². The highest BCUT2D eigenvalue weighted by Gasteiger charge is 2.22. The normalized spacial score (nSPS) is 14.4. The van der Waals surface area contributed by atoms with Gasteiger partial charge in [0.15, 0.2) is 0 Å². The third-order valence-corrected chi connectivity index (χ3v) is 5.37. The van der Waals surface area contributed by atoms with Gasteiger partial charge in [-0.2, -0.15) is 4.98 Å². The summed E-state index contributed by atoms with van der Waals surface area (Å²) in [5, 5.41) is 4.42. The largest absolute Gasteiger partial charge is 0.494 e. The second-order valence-corrected chi connectivity index (χ2v) is 7.12. The molecule has 4 rings (SSSR count). The summed E-state index contributed by atoms with van der Waals surface area (Å²) in [5.74, 6) is 2.32. The highest BCUT2D eigenvalue weighted by atomic mass is 35.5. The van der Waals surface area contributed by atoms with Gasteiger partial charge < -0.3 is 15.0 Å². The predicted molar refractivity (Wildman–Crippen MR) is 118 cm³/mol. The van der Waals surface area contributed by atoms with E-state index < -0.39 is 0 Å². The average Bonchev–Trinajstić information content (AvgIpc) is 2.74. The van der Waals surface area contributed by atoms with Gasteiger partial charge in [0.1, 0.15) is 17.1 Å². The number of nitrogens with one attached hydrogen (secondary N) is 1. The number of benzene rings is 2. The Balaban J connectivity index is 0.00000225. The number of fused-ring (bicyclic) bond motifs is 1. The molecule has 0 radical (unpaired) electrons. The van der Waals surface area contributed by atoms with Crippen molar-refractivity contribution in [2.45, 2.75) is 38.1 Å². The Kier molecular flexibility index (Phi) is 6.57. The van der Waals surface area contributed by atoms with Crippen molar-refractivity contribution in [3.8, 4) is 5.75 Å². The second kappa shape index (κ2) is 9.11. The van der Waals surface area contributed by atoms with Crippen LogP contribution in [0.25, 0.3) is 10.9 Å². The molecule has 5 nitrogen and oxygen atoms in total. The van der Waals surface area contributed by atoms with Crippen molar-refractivity contribution in [2.75, 3.05) is 24.4 Å². The molecule has 0 bridgehead atoms. The molecule has 1 N–H and O–H groups in total. The number of aromatic nitrogens is 2. The van der Waals surface area contributed by atoms with Crippen LogP contribution in [-0.4, -0.2) is 30.2 Å². The van der Waals surface area contributed by atoms with Gasteiger partial charge >= 0.3 is 0 Å². The molecule has 2 aromatic carbocycles. The van der Waals surface area contributed by atoms with E-state index in [1.54, 1.807) is 7.11 Å². The number of rotatable bonds is 5. The number of hydrogen-bond acceptors (Lipinski definition) is 5. The molecule has 1 aliphatic carbocycles. The summed E-state index contributed by atoms with van der Waals surface area (Å²) in [6.07, 6.45) is 6.29. The summed E-state index contributed by atoms with van der Waals surface area (Å²) < 4.78 is 5.58. The Morgan fingerprint density at radius 3 is 2.43 bits per heavy atom. The van der Waals surface area contributed by atoms with Gasteiger partial charge in [-0.1, -0.05) is 43.5 Å². The fourth-order valence-corrected chi connectivity index (χ4v) is 3.82. The van der Waals surface area contributed by atoms with Gasteiger partial charge in [-0.3, -0.25) is 0 Å². The summed E-state index contributed by atoms with van der Waals surface area (Å²) >= 11 is 0. The monoisotopic (exact) mass is 398 g/mol. The summed E-state index contributed by atoms with van der Waals surface area (Å²) in [6.45, 7) is 0. The van der Waals surface area contributed by atoms with Crippen molar-refractivity contribution in [3.05, 3.63) is 48.5 Å². The van der Waals surface area contributed by atoms with Crippen LogP contribution in [0.3, 0.4) is 0 Å². The Morgan fingerprint density at radius 1 is 0.964 bits per heavy atom. The van der Waals surface area contributed by atoms with Crippen LogP contribution in [0.5, 0.6) is 5.75 Å². The van der Waals surface area contributed by atoms with Gasteiger partial charge in [-0.05, 0) is 37.1 Å². The van der Waals surface area contributed by atoms with Crippen LogP contribution in [0.2, 0.25) is 0 Å². The molecule has 0 spiro atoms. The van der Waals surface area contributed by atoms with E-state index in [1.807, 2.05) is 48.5 Å². The zero-order valence-corrected chi connectivity index (χ0v) is 17.2. The lowest BCUT2D eigenvalue weighted by molar-refractivity contribution is 0.417. The molecule has 0 atom stereocenters. The number of para-hydroxylation sites is 2. The highest BCUT2D eigenvalue weighted by Crippen LogP contribution is 2.33. The molecule has 3 aromatic rings. The highest BCUT2D eigenvalue weighted by molar-refractivity contribution is 5.95. The lowest BCUT2D eigenvalue weighted by atomic mass is 9.95. The van der Waals surface area contributed by atoms with Crippen molar-refractivity contribution in [3.63, 3.8) is 0 Å². The Hall–Kier alpha value is -2.53. The maximum absolute atomic E-state index is 5.58. The maximum Gasteiger partial charge on any atom is 0.228 e. The number of anilines is 3. The molecular formula is C22H27ClN4O. The summed E-state index contributed by atoms with van der Waals surface area (Å²) in [6, 6.07) is 16.6. The zero-order valence-electron chi connectivity index (χ0n) is 16.4. The van der Waals surface area contributed by atoms with Crippen molar-refractivity contribution < 1.29 is 4.74 Å². The summed E-state index contributed by atoms with van der Waals surface area (Å²) in [5.41, 5.74) is 1.85. The molecule has 148 valence electrons. The molecule has 0 aliphatic heterocycles. The van der Waals surface area contributed by atoms with E-state index in [2.05, 4.69) is 17.3 Å². The van der Waals surface area contributed by atoms with Gasteiger partial charge in [0.05, 0.1) is 7.11 Å². The third kappa shape index (κ3) is 4.14. The number of hydrogen-bond donors (Lipinski definition) is 1. The first kappa shape index (κ1) is 20.2. The van der Waals surface area contributed by atoms with E-state index in [0.717, 1.165) is 34.1 Å². The fraction of sp³-hybridized carbons (Fsp3) is 0.364. The minimum atomic E-state index is 0. The minimum absolute atomic E-state index is 0. The Morgan fingerprint density at radius 2 is 1.71 bits per heavy atom. The van der Waals surface area contributed by atoms with Crippen molar-refractivity contribution >= 4 is 40.8 Å². The van der Waals surface area contributed by atoms with Crippen molar-refractivity contribution in [2.24, 2.45) is 0 Å². The van der Waals surface area contributed by atoms with Crippen LogP contribution < -0.4 is 15.0 Å². The van der Waals surface area contributed by atoms with Crippen LogP contribution in [0.4, 0.5) is 17.5 Å². The van der Waals surface area contributed by atoms with E-state index in [-0.39, 0.29) is 12.4 Å². The quantitative estimate of drug-likeness (QED) is 0.608. The van der Waals surface area contributed by atoms with Crippen LogP contribution in [0.15, 0.2) is 48.5 Å². The Bertz CT molecular complexity index is 913. The first-order chi connectivity index (χ1) is 13.3. The smallest absolute Gasteiger partial charge is 0.228 e. The molecule has 1 fully saturated rings. The summed E-state index contributed by atoms with van der Waals surface area (Å²) in [7, 11) is 3.80. The van der Waals surface area contributed by atoms with E-state index in [9.17, 15) is 0 Å². The van der Waals surface area contributed by atoms with Crippen LogP contribution in [0, 0.1) is 0 Å². The van der Waals surface area contributed by atoms with Crippen LogP contribution >= 0.6 is 12.4 Å². The molecule has 0 unspecified atom stereocenters. The molecule has 28 heavy (non-hydrogen) atoms. The first-order valence-electron chi connectivity index (χ1n) is 9.66. The first-order valence-corrected chi connectivity index (χ1v) is 9.66. The lowest BCUT2D eigenvalue weighted by Gasteiger charge is -2.31. The lowest BCUT2D eigenvalue weighted by Crippen LogP contribution is -2.34. The number of methoxy groups -OCH3 is 1. The molecule has 0 amide bonds. The molecule has 1 heterocycles. The van der Waals surface area contributed by atoms with Crippen molar-refractivity contribution in [1.29, 1.82) is 0 Å². The standard InChI is InChI=1S/C22H26N4O.ClH/c1-26(17-12-7-4-8-13-17)22-24-20-18(14-9-15-19(20)27-2)21(25-22)23-16-10-5-3-6-11-16;/h3,5-6,9-11,14-15,17H,4,7-8,12-13H2,1-2H3,(H,23,24,25);1H. The molecule has 6 heteroatoms. The Labute approximate surface area is 172 Å². The van der Waals surface area contributed by atoms with Crippen LogP contribution in [-0.2, 0) is 0 Å². The van der Waals surface area contributed by atoms with E-state index in [4.69, 9.17) is 14.7 Å². The molecule has 1 aromatic heterocycles. The molecular weight excluding hydrogens is 372 g/mol. The summed E-state index contributed by atoms with van der Waals surface area (Å²) in [4.78, 5) is 12.0. The van der Waals surface area contributed by atoms with Gasteiger partial charge in [0.25, 0.3) is 0 Å². The number of nitrogens with zero attached hydrogens (tertiary/aromatic N) is 3. The van der Waals surface area contributed by atoms with Gasteiger partial charge in [-0.15, -0.1) is 12.4 Å². The van der Waals surface area contributed by atoms with E-state index in [1.165, 1.54) is 32.1 Å². The molecule has 0 saturated heterocycles. The molecule has 1 aliphatic rings. The zero-order chi connectivity index (χ0) is 18.6. The van der Waals surface area contributed by atoms with Gasteiger partial charge in [-0.25, -0.2) is 4.98 Å². The van der Waals surface area contributed by atoms with Crippen molar-refractivity contribution in [1.82, 2.24) is 9.97 Å². The van der Waals surface area contributed by atoms with Crippen LogP contribution in [0.1, 0.15) is 32.1 Å². The topological polar surface area (TPSA) is 50.3 Å². The second-order valence-electron chi connectivity index (χ2n) is 7.12. The average molecular weight is 399 g/mol. The molecule has 1 saturated carbocycles. The number of halogens is 1. The SMILES string of the molecule is COc1cccc2c(Nc3ccccc3)nc(N(C)C3CCCCC3)nc12.Cl. The fourth-order valence-electron chi connectivity index (χ4n) is 3.82. The van der Waals surface area contributed by atoms with E-state index >= 15 is 0 Å².